The van der Waals surface area contributed by atoms with Crippen molar-refractivity contribution in [3.8, 4) is 5.75 Å². The van der Waals surface area contributed by atoms with Gasteiger partial charge in [0, 0.05) is 0 Å². The molecule has 3 rings (SSSR count). The lowest BCUT2D eigenvalue weighted by molar-refractivity contribution is -0.149. The maximum Gasteiger partial charge on any atom is 0.335 e. The van der Waals surface area contributed by atoms with E-state index in [1.807, 2.05) is 13.0 Å². The second-order valence-corrected chi connectivity index (χ2v) is 6.67. The standard InChI is InChI=1S/C19H24O5/c1-2-23-19(22)13-5-7-14(8-6-13)24-15-9-10-16(18(20)21)17(11-15)12-3-4-12/h9-14H,2-8H2,1H3,(H,20,21)/t13-,14+. The van der Waals surface area contributed by atoms with Crippen molar-refractivity contribution in [3.63, 3.8) is 0 Å². The molecule has 5 nitrogen and oxygen atoms in total. The fourth-order valence-electron chi connectivity index (χ4n) is 3.41. The van der Waals surface area contributed by atoms with E-state index in [2.05, 4.69) is 0 Å². The van der Waals surface area contributed by atoms with Crippen LogP contribution in [0, 0.1) is 5.92 Å². The molecule has 1 aromatic carbocycles. The predicted molar refractivity (Wildman–Crippen MR) is 88.4 cm³/mol. The van der Waals surface area contributed by atoms with Gasteiger partial charge < -0.3 is 14.6 Å². The van der Waals surface area contributed by atoms with Crippen molar-refractivity contribution in [2.24, 2.45) is 5.92 Å². The number of benzene rings is 1. The predicted octanol–water partition coefficient (Wildman–Crippen LogP) is 3.76. The largest absolute Gasteiger partial charge is 0.490 e. The Labute approximate surface area is 142 Å². The summed E-state index contributed by atoms with van der Waals surface area (Å²) in [6, 6.07) is 5.28. The zero-order chi connectivity index (χ0) is 17.1. The number of carboxylic acid groups (broad SMARTS) is 1. The van der Waals surface area contributed by atoms with Gasteiger partial charge in [0.05, 0.1) is 24.2 Å². The molecular formula is C19H24O5. The minimum atomic E-state index is -0.876. The third-order valence-electron chi connectivity index (χ3n) is 4.87. The first kappa shape index (κ1) is 16.8. The lowest BCUT2D eigenvalue weighted by Gasteiger charge is -2.28. The first-order valence-electron chi connectivity index (χ1n) is 8.79. The van der Waals surface area contributed by atoms with E-state index in [1.54, 1.807) is 12.1 Å². The Morgan fingerprint density at radius 3 is 2.42 bits per heavy atom. The highest BCUT2D eigenvalue weighted by molar-refractivity contribution is 5.90. The van der Waals surface area contributed by atoms with Crippen LogP contribution in [0.5, 0.6) is 5.75 Å². The number of carbonyl (C=O) groups is 2. The van der Waals surface area contributed by atoms with Gasteiger partial charge in [0.15, 0.2) is 0 Å². The number of esters is 1. The molecule has 1 aromatic rings. The van der Waals surface area contributed by atoms with Crippen molar-refractivity contribution in [2.75, 3.05) is 6.61 Å². The van der Waals surface area contributed by atoms with Crippen LogP contribution in [0.4, 0.5) is 0 Å². The topological polar surface area (TPSA) is 72.8 Å². The second kappa shape index (κ2) is 7.24. The van der Waals surface area contributed by atoms with E-state index in [-0.39, 0.29) is 18.0 Å². The molecule has 0 aliphatic heterocycles. The monoisotopic (exact) mass is 332 g/mol. The van der Waals surface area contributed by atoms with Gasteiger partial charge in [-0.1, -0.05) is 0 Å². The first-order chi connectivity index (χ1) is 11.6. The van der Waals surface area contributed by atoms with Gasteiger partial charge in [-0.25, -0.2) is 4.79 Å². The van der Waals surface area contributed by atoms with Crippen LogP contribution in [-0.4, -0.2) is 29.8 Å². The van der Waals surface area contributed by atoms with Crippen LogP contribution in [0.1, 0.15) is 67.3 Å². The Balaban J connectivity index is 1.60. The van der Waals surface area contributed by atoms with Crippen LogP contribution < -0.4 is 4.74 Å². The van der Waals surface area contributed by atoms with Gasteiger partial charge in [0.1, 0.15) is 5.75 Å². The van der Waals surface area contributed by atoms with Crippen molar-refractivity contribution in [3.05, 3.63) is 29.3 Å². The summed E-state index contributed by atoms with van der Waals surface area (Å²) in [7, 11) is 0. The molecule has 0 aromatic heterocycles. The molecule has 2 fully saturated rings. The van der Waals surface area contributed by atoms with Crippen molar-refractivity contribution in [1.82, 2.24) is 0 Å². The summed E-state index contributed by atoms with van der Waals surface area (Å²) in [5.41, 5.74) is 1.27. The normalized spacial score (nSPS) is 23.5. The van der Waals surface area contributed by atoms with Gasteiger partial charge in [-0.15, -0.1) is 0 Å². The maximum absolute atomic E-state index is 11.8. The molecule has 2 aliphatic carbocycles. The fraction of sp³-hybridized carbons (Fsp3) is 0.579. The van der Waals surface area contributed by atoms with Crippen LogP contribution in [0.3, 0.4) is 0 Å². The Hall–Kier alpha value is -2.04. The van der Waals surface area contributed by atoms with Gasteiger partial charge in [0.2, 0.25) is 0 Å². The van der Waals surface area contributed by atoms with Crippen LogP contribution in [0.25, 0.3) is 0 Å². The van der Waals surface area contributed by atoms with E-state index in [0.29, 0.717) is 18.1 Å². The molecule has 0 heterocycles. The molecule has 1 N–H and O–H groups in total. The molecule has 2 saturated carbocycles. The van der Waals surface area contributed by atoms with Crippen LogP contribution in [0.15, 0.2) is 18.2 Å². The van der Waals surface area contributed by atoms with Crippen molar-refractivity contribution >= 4 is 11.9 Å². The zero-order valence-electron chi connectivity index (χ0n) is 14.0. The average molecular weight is 332 g/mol. The van der Waals surface area contributed by atoms with Crippen LogP contribution in [-0.2, 0) is 9.53 Å². The van der Waals surface area contributed by atoms with Gasteiger partial charge >= 0.3 is 11.9 Å². The Bertz CT molecular complexity index is 612. The zero-order valence-corrected chi connectivity index (χ0v) is 14.0. The smallest absolute Gasteiger partial charge is 0.335 e. The number of aromatic carboxylic acids is 1. The van der Waals surface area contributed by atoms with Gasteiger partial charge in [-0.05, 0) is 75.1 Å². The third kappa shape index (κ3) is 3.89. The molecule has 130 valence electrons. The molecule has 0 atom stereocenters. The summed E-state index contributed by atoms with van der Waals surface area (Å²) in [6.07, 6.45) is 5.39. The summed E-state index contributed by atoms with van der Waals surface area (Å²) < 4.78 is 11.1. The summed E-state index contributed by atoms with van der Waals surface area (Å²) in [5.74, 6) is 0.109. The Kier molecular flexibility index (Phi) is 5.07. The molecule has 0 amide bonds. The SMILES string of the molecule is CCOC(=O)[C@H]1CC[C@@H](Oc2ccc(C(=O)O)c(C3CC3)c2)CC1. The highest BCUT2D eigenvalue weighted by Crippen LogP contribution is 2.43. The summed E-state index contributed by atoms with van der Waals surface area (Å²) >= 11 is 0. The van der Waals surface area contributed by atoms with Crippen molar-refractivity contribution in [2.45, 2.75) is 57.5 Å². The van der Waals surface area contributed by atoms with E-state index < -0.39 is 5.97 Å². The fourth-order valence-corrected chi connectivity index (χ4v) is 3.41. The summed E-state index contributed by atoms with van der Waals surface area (Å²) in [6.45, 7) is 2.25. The number of hydrogen-bond acceptors (Lipinski definition) is 4. The van der Waals surface area contributed by atoms with E-state index in [9.17, 15) is 14.7 Å². The van der Waals surface area contributed by atoms with E-state index in [1.165, 1.54) is 0 Å². The highest BCUT2D eigenvalue weighted by atomic mass is 16.5. The molecule has 0 bridgehead atoms. The molecule has 0 radical (unpaired) electrons. The van der Waals surface area contributed by atoms with Crippen molar-refractivity contribution in [1.29, 1.82) is 0 Å². The molecule has 0 spiro atoms. The summed E-state index contributed by atoms with van der Waals surface area (Å²) in [5, 5.41) is 9.29. The second-order valence-electron chi connectivity index (χ2n) is 6.67. The molecular weight excluding hydrogens is 308 g/mol. The average Bonchev–Trinajstić information content (AvgIpc) is 3.40. The number of hydrogen-bond donors (Lipinski definition) is 1. The van der Waals surface area contributed by atoms with Crippen molar-refractivity contribution < 1.29 is 24.2 Å². The number of carbonyl (C=O) groups excluding carboxylic acids is 1. The Morgan fingerprint density at radius 1 is 1.12 bits per heavy atom. The molecule has 0 saturated heterocycles. The number of rotatable bonds is 6. The first-order valence-corrected chi connectivity index (χ1v) is 8.79. The minimum Gasteiger partial charge on any atom is -0.490 e. The highest BCUT2D eigenvalue weighted by Gasteiger charge is 2.30. The number of ether oxygens (including phenoxy) is 2. The quantitative estimate of drug-likeness (QED) is 0.803. The van der Waals surface area contributed by atoms with Gasteiger partial charge in [-0.2, -0.15) is 0 Å². The summed E-state index contributed by atoms with van der Waals surface area (Å²) in [4.78, 5) is 23.1. The van der Waals surface area contributed by atoms with E-state index in [4.69, 9.17) is 9.47 Å². The molecule has 5 heteroatoms. The van der Waals surface area contributed by atoms with Crippen LogP contribution >= 0.6 is 0 Å². The molecule has 0 unspecified atom stereocenters. The van der Waals surface area contributed by atoms with Gasteiger partial charge in [0.25, 0.3) is 0 Å². The lowest BCUT2D eigenvalue weighted by atomic mass is 9.87. The minimum absolute atomic E-state index is 0.0128. The maximum atomic E-state index is 11.8. The third-order valence-corrected chi connectivity index (χ3v) is 4.87. The van der Waals surface area contributed by atoms with Gasteiger partial charge in [-0.3, -0.25) is 4.79 Å². The lowest BCUT2D eigenvalue weighted by Crippen LogP contribution is -2.29. The van der Waals surface area contributed by atoms with Crippen LogP contribution in [0.2, 0.25) is 0 Å². The Morgan fingerprint density at radius 2 is 1.83 bits per heavy atom. The number of carboxylic acids is 1. The van der Waals surface area contributed by atoms with E-state index in [0.717, 1.165) is 49.8 Å². The van der Waals surface area contributed by atoms with E-state index >= 15 is 0 Å². The molecule has 2 aliphatic rings. The molecule has 24 heavy (non-hydrogen) atoms.